The van der Waals surface area contributed by atoms with Crippen molar-refractivity contribution in [2.24, 2.45) is 11.8 Å². The quantitative estimate of drug-likeness (QED) is 0.742. The second kappa shape index (κ2) is 5.90. The molecule has 0 radical (unpaired) electrons. The van der Waals surface area contributed by atoms with Gasteiger partial charge in [0.15, 0.2) is 0 Å². The van der Waals surface area contributed by atoms with Gasteiger partial charge in [0.1, 0.15) is 6.04 Å². The third-order valence-electron chi connectivity index (χ3n) is 3.44. The molecule has 7 nitrogen and oxygen atoms in total. The van der Waals surface area contributed by atoms with Crippen LogP contribution in [0.15, 0.2) is 0 Å². The highest BCUT2D eigenvalue weighted by Gasteiger charge is 2.37. The average molecular weight is 271 g/mol. The summed E-state index contributed by atoms with van der Waals surface area (Å²) in [5.74, 6) is -1.49. The van der Waals surface area contributed by atoms with Crippen LogP contribution in [0.4, 0.5) is 4.79 Å². The fraction of sp³-hybridized carbons (Fsp3) is 0.750. The van der Waals surface area contributed by atoms with E-state index in [1.165, 1.54) is 9.80 Å². The van der Waals surface area contributed by atoms with Crippen molar-refractivity contribution in [1.82, 2.24) is 15.1 Å². The number of carbonyl (C=O) groups excluding carboxylic acids is 2. The van der Waals surface area contributed by atoms with Gasteiger partial charge >= 0.3 is 12.0 Å². The van der Waals surface area contributed by atoms with Crippen molar-refractivity contribution in [1.29, 1.82) is 0 Å². The summed E-state index contributed by atoms with van der Waals surface area (Å²) in [6.45, 7) is 4.10. The van der Waals surface area contributed by atoms with Gasteiger partial charge in [-0.05, 0) is 6.92 Å². The summed E-state index contributed by atoms with van der Waals surface area (Å²) < 4.78 is 0. The zero-order valence-electron chi connectivity index (χ0n) is 11.7. The number of likely N-dealkylation sites (tertiary alicyclic amines) is 1. The van der Waals surface area contributed by atoms with Crippen LogP contribution in [0.25, 0.3) is 0 Å². The molecule has 0 spiro atoms. The van der Waals surface area contributed by atoms with Gasteiger partial charge in [-0.1, -0.05) is 6.92 Å². The monoisotopic (exact) mass is 271 g/mol. The molecule has 3 amide bonds. The highest BCUT2D eigenvalue weighted by molar-refractivity contribution is 5.86. The van der Waals surface area contributed by atoms with E-state index >= 15 is 0 Å². The van der Waals surface area contributed by atoms with Gasteiger partial charge in [-0.3, -0.25) is 9.59 Å². The van der Waals surface area contributed by atoms with Crippen LogP contribution >= 0.6 is 0 Å². The minimum absolute atomic E-state index is 0.0110. The molecular weight excluding hydrogens is 250 g/mol. The molecule has 0 aromatic heterocycles. The molecule has 0 aromatic carbocycles. The van der Waals surface area contributed by atoms with Gasteiger partial charge in [0.2, 0.25) is 5.91 Å². The molecule has 7 heteroatoms. The van der Waals surface area contributed by atoms with Crippen LogP contribution in [0.1, 0.15) is 13.8 Å². The van der Waals surface area contributed by atoms with Crippen LogP contribution in [0, 0.1) is 11.8 Å². The molecular formula is C12H21N3O4. The number of nitrogens with one attached hydrogen (secondary N) is 1. The number of nitrogens with zero attached hydrogens (tertiary/aromatic N) is 2. The van der Waals surface area contributed by atoms with Crippen LogP contribution in [-0.4, -0.2) is 66.0 Å². The summed E-state index contributed by atoms with van der Waals surface area (Å²) in [6.07, 6.45) is 0. The number of carboxylic acid groups (broad SMARTS) is 1. The molecule has 1 fully saturated rings. The Morgan fingerprint density at radius 2 is 1.79 bits per heavy atom. The summed E-state index contributed by atoms with van der Waals surface area (Å²) in [5, 5.41) is 11.5. The number of carbonyl (C=O) groups is 3. The molecule has 2 N–H and O–H groups in total. The first-order chi connectivity index (χ1) is 8.73. The van der Waals surface area contributed by atoms with Crippen LogP contribution in [0.2, 0.25) is 0 Å². The third kappa shape index (κ3) is 3.59. The number of aliphatic carboxylic acids is 1. The van der Waals surface area contributed by atoms with E-state index in [9.17, 15) is 14.4 Å². The maximum atomic E-state index is 11.8. The maximum Gasteiger partial charge on any atom is 0.318 e. The number of hydrogen-bond acceptors (Lipinski definition) is 3. The average Bonchev–Trinajstić information content (AvgIpc) is 2.25. The Hall–Kier alpha value is -1.79. The molecule has 1 aliphatic rings. The standard InChI is InChI=1S/C12H21N3O4/c1-7(11(17)18)9-5-15(6-9)12(19)13-8(2)10(16)14(3)4/h7-9H,5-6H2,1-4H3,(H,13,19)(H,17,18). The van der Waals surface area contributed by atoms with Crippen molar-refractivity contribution >= 4 is 17.9 Å². The molecule has 1 saturated heterocycles. The van der Waals surface area contributed by atoms with Gasteiger partial charge in [-0.15, -0.1) is 0 Å². The molecule has 0 aliphatic carbocycles. The predicted molar refractivity (Wildman–Crippen MR) is 68.6 cm³/mol. The SMILES string of the molecule is CC(NC(=O)N1CC(C(C)C(=O)O)C1)C(=O)N(C)C. The molecule has 1 aliphatic heterocycles. The van der Waals surface area contributed by atoms with E-state index in [1.54, 1.807) is 27.9 Å². The Morgan fingerprint density at radius 3 is 2.21 bits per heavy atom. The molecule has 0 bridgehead atoms. The highest BCUT2D eigenvalue weighted by atomic mass is 16.4. The van der Waals surface area contributed by atoms with Gasteiger partial charge in [0, 0.05) is 33.1 Å². The van der Waals surface area contributed by atoms with Crippen LogP contribution in [0.3, 0.4) is 0 Å². The lowest BCUT2D eigenvalue weighted by atomic mass is 9.87. The molecule has 19 heavy (non-hydrogen) atoms. The second-order valence-electron chi connectivity index (χ2n) is 5.20. The smallest absolute Gasteiger partial charge is 0.318 e. The lowest BCUT2D eigenvalue weighted by Crippen LogP contribution is -2.58. The molecule has 108 valence electrons. The van der Waals surface area contributed by atoms with Gasteiger partial charge < -0.3 is 20.2 Å². The van der Waals surface area contributed by atoms with E-state index < -0.39 is 17.9 Å². The second-order valence-corrected chi connectivity index (χ2v) is 5.20. The minimum atomic E-state index is -0.846. The van der Waals surface area contributed by atoms with E-state index in [2.05, 4.69) is 5.32 Å². The zero-order chi connectivity index (χ0) is 14.7. The van der Waals surface area contributed by atoms with Gasteiger partial charge in [-0.25, -0.2) is 4.79 Å². The van der Waals surface area contributed by atoms with E-state index in [0.717, 1.165) is 0 Å². The van der Waals surface area contributed by atoms with Crippen LogP contribution < -0.4 is 5.32 Å². The molecule has 1 heterocycles. The van der Waals surface area contributed by atoms with Gasteiger partial charge in [0.25, 0.3) is 0 Å². The summed E-state index contributed by atoms with van der Waals surface area (Å²) in [6, 6.07) is -0.907. The Labute approximate surface area is 112 Å². The molecule has 0 saturated carbocycles. The Bertz CT molecular complexity index is 377. The molecule has 0 aromatic rings. The summed E-state index contributed by atoms with van der Waals surface area (Å²) in [7, 11) is 3.25. The maximum absolute atomic E-state index is 11.8. The minimum Gasteiger partial charge on any atom is -0.481 e. The Morgan fingerprint density at radius 1 is 1.26 bits per heavy atom. The fourth-order valence-electron chi connectivity index (χ4n) is 1.92. The Balaban J connectivity index is 2.38. The number of hydrogen-bond donors (Lipinski definition) is 2. The first-order valence-electron chi connectivity index (χ1n) is 6.23. The normalized spacial score (nSPS) is 18.2. The van der Waals surface area contributed by atoms with Gasteiger partial charge in [0.05, 0.1) is 5.92 Å². The Kier molecular flexibility index (Phi) is 4.74. The molecule has 1 rings (SSSR count). The highest BCUT2D eigenvalue weighted by Crippen LogP contribution is 2.23. The summed E-state index contributed by atoms with van der Waals surface area (Å²) in [4.78, 5) is 37.1. The van der Waals surface area contributed by atoms with Crippen molar-refractivity contribution in [3.63, 3.8) is 0 Å². The number of rotatable bonds is 4. The van der Waals surface area contributed by atoms with Crippen molar-refractivity contribution < 1.29 is 19.5 Å². The lowest BCUT2D eigenvalue weighted by molar-refractivity contribution is -0.144. The van der Waals surface area contributed by atoms with Crippen molar-refractivity contribution in [2.45, 2.75) is 19.9 Å². The van der Waals surface area contributed by atoms with Crippen LogP contribution in [0.5, 0.6) is 0 Å². The lowest BCUT2D eigenvalue weighted by Gasteiger charge is -2.41. The third-order valence-corrected chi connectivity index (χ3v) is 3.44. The van der Waals surface area contributed by atoms with Crippen molar-refractivity contribution in [3.05, 3.63) is 0 Å². The van der Waals surface area contributed by atoms with Crippen LogP contribution in [-0.2, 0) is 9.59 Å². The number of urea groups is 1. The van der Waals surface area contributed by atoms with Gasteiger partial charge in [-0.2, -0.15) is 0 Å². The first kappa shape index (κ1) is 15.3. The summed E-state index contributed by atoms with van der Waals surface area (Å²) >= 11 is 0. The topological polar surface area (TPSA) is 90.0 Å². The molecule has 2 unspecified atom stereocenters. The van der Waals surface area contributed by atoms with Crippen molar-refractivity contribution in [2.75, 3.05) is 27.2 Å². The number of amides is 3. The largest absolute Gasteiger partial charge is 0.481 e. The van der Waals surface area contributed by atoms with E-state index in [4.69, 9.17) is 5.11 Å². The zero-order valence-corrected chi connectivity index (χ0v) is 11.7. The number of likely N-dealkylation sites (N-methyl/N-ethyl adjacent to an activating group) is 1. The van der Waals surface area contributed by atoms with E-state index in [-0.39, 0.29) is 17.9 Å². The number of carboxylic acids is 1. The van der Waals surface area contributed by atoms with Crippen molar-refractivity contribution in [3.8, 4) is 0 Å². The van der Waals surface area contributed by atoms with E-state index in [0.29, 0.717) is 13.1 Å². The summed E-state index contributed by atoms with van der Waals surface area (Å²) in [5.41, 5.74) is 0. The van der Waals surface area contributed by atoms with E-state index in [1.807, 2.05) is 0 Å². The molecule has 2 atom stereocenters. The first-order valence-corrected chi connectivity index (χ1v) is 6.23. The predicted octanol–water partition coefficient (Wildman–Crippen LogP) is -0.175. The fourth-order valence-corrected chi connectivity index (χ4v) is 1.92.